The molecule has 0 saturated heterocycles. The lowest BCUT2D eigenvalue weighted by atomic mass is 9.82. The van der Waals surface area contributed by atoms with Crippen LogP contribution in [0.2, 0.25) is 0 Å². The Morgan fingerprint density at radius 3 is 1.18 bits per heavy atom. The number of rotatable bonds is 13. The highest BCUT2D eigenvalue weighted by Gasteiger charge is 2.38. The number of nitrogens with two attached hydrogens (primary N) is 2. The van der Waals surface area contributed by atoms with Gasteiger partial charge in [0.15, 0.2) is 34.9 Å². The molecule has 0 radical (unpaired) electrons. The van der Waals surface area contributed by atoms with Gasteiger partial charge in [-0.2, -0.15) is 0 Å². The molecule has 2 aliphatic rings. The molecule has 0 bridgehead atoms. The number of fused-ring (bicyclic) bond motifs is 18. The topological polar surface area (TPSA) is 157 Å². The molecule has 650 valence electrons. The fourth-order valence-corrected chi connectivity index (χ4v) is 21.4. The van der Waals surface area contributed by atoms with Gasteiger partial charge in [-0.15, -0.1) is 11.3 Å². The number of benzene rings is 17. The Morgan fingerprint density at radius 1 is 0.294 bits per heavy atom. The molecule has 0 spiro atoms. The van der Waals surface area contributed by atoms with Crippen molar-refractivity contribution in [3.63, 3.8) is 0 Å². The Kier molecular flexibility index (Phi) is 21.4. The first-order chi connectivity index (χ1) is 66.8. The van der Waals surface area contributed by atoms with Crippen molar-refractivity contribution in [3.8, 4) is 113 Å². The van der Waals surface area contributed by atoms with E-state index in [4.69, 9.17) is 46.4 Å². The van der Waals surface area contributed by atoms with Crippen molar-refractivity contribution in [2.45, 2.75) is 51.6 Å². The Bertz CT molecular complexity index is 8240. The van der Waals surface area contributed by atoms with Crippen LogP contribution < -0.4 is 11.5 Å². The number of hydrogen-bond acceptors (Lipinski definition) is 10. The van der Waals surface area contributed by atoms with Crippen molar-refractivity contribution in [1.29, 1.82) is 0 Å². The average molecular weight is 1770 g/mol. The molecule has 12 nitrogen and oxygen atoms in total. The molecule has 0 unspecified atom stereocenters. The fraction of sp³-hybridized carbons (Fsp3) is 0.0650. The molecule has 4 N–H and O–H groups in total. The van der Waals surface area contributed by atoms with Crippen molar-refractivity contribution >= 4 is 103 Å². The molecule has 0 aliphatic heterocycles. The lowest BCUT2D eigenvalue weighted by Crippen LogP contribution is -2.15. The van der Waals surface area contributed by atoms with E-state index in [-0.39, 0.29) is 10.8 Å². The van der Waals surface area contributed by atoms with Gasteiger partial charge in [0, 0.05) is 114 Å². The number of hydrogen-bond donors (Lipinski definition) is 2. The Balaban J connectivity index is 0.000000108. The van der Waals surface area contributed by atoms with E-state index in [1.165, 1.54) is 136 Å². The van der Waals surface area contributed by atoms with E-state index < -0.39 is 0 Å². The van der Waals surface area contributed by atoms with E-state index in [0.29, 0.717) is 41.6 Å². The summed E-state index contributed by atoms with van der Waals surface area (Å²) in [5.74, 6) is 4.68. The zero-order valence-electron chi connectivity index (χ0n) is 75.5. The molecule has 0 fully saturated rings. The van der Waals surface area contributed by atoms with Crippen LogP contribution in [0.4, 0.5) is 0 Å². The fourth-order valence-electron chi connectivity index (χ4n) is 20.1. The van der Waals surface area contributed by atoms with Crippen molar-refractivity contribution in [1.82, 2.24) is 48.6 Å². The molecule has 0 saturated carbocycles. The third-order valence-electron chi connectivity index (χ3n) is 26.9. The average Bonchev–Trinajstić information content (AvgIpc) is 1.55. The predicted molar refractivity (Wildman–Crippen MR) is 565 cm³/mol. The summed E-state index contributed by atoms with van der Waals surface area (Å²) in [6.07, 6.45) is 4.81. The molecular weight excluding hydrogens is 1680 g/mol. The van der Waals surface area contributed by atoms with E-state index in [1.54, 1.807) is 0 Å². The van der Waals surface area contributed by atoms with Crippen LogP contribution in [0.25, 0.3) is 204 Å². The number of pyridine rings is 1. The Labute approximate surface area is 792 Å². The molecule has 7 heterocycles. The Hall–Kier alpha value is -17.0. The van der Waals surface area contributed by atoms with Gasteiger partial charge in [0.2, 0.25) is 0 Å². The summed E-state index contributed by atoms with van der Waals surface area (Å²) >= 11 is 1.88. The molecule has 24 aromatic rings. The number of aromatic nitrogens is 10. The summed E-state index contributed by atoms with van der Waals surface area (Å²) in [5, 5.41) is 10.2. The minimum Gasteiger partial charge on any atom is -0.398 e. The molecule has 0 amide bonds. The summed E-state index contributed by atoms with van der Waals surface area (Å²) in [4.78, 5) is 34.4. The molecule has 17 aromatic carbocycles. The highest BCUT2D eigenvalue weighted by Crippen LogP contribution is 2.54. The second kappa shape index (κ2) is 35.0. The van der Waals surface area contributed by atoms with Crippen molar-refractivity contribution in [2.24, 2.45) is 11.5 Å². The number of nitrogens with zero attached hydrogens (tertiary/aromatic N) is 10. The third kappa shape index (κ3) is 15.1. The normalized spacial score (nSPS) is 12.7. The van der Waals surface area contributed by atoms with Crippen LogP contribution in [-0.2, 0) is 23.9 Å². The first-order valence-corrected chi connectivity index (χ1v) is 47.0. The van der Waals surface area contributed by atoms with E-state index in [0.717, 1.165) is 73.6 Å². The molecule has 13 heteroatoms. The zero-order chi connectivity index (χ0) is 91.5. The van der Waals surface area contributed by atoms with Gasteiger partial charge in [-0.1, -0.05) is 361 Å². The molecular formula is C123H92N12S. The standard InChI is InChI=1S/C42H30N4.C41H29N5.C25H18N2S.C15H15N/c1-42(2)35-19-11-9-17-31(35)33-25-34-32-18-10-12-20-37(32)46(38(34)26-36(33)42)30-23-21-29(22-24-30)41-44-39(27-13-5-3-6-14-27)43-40(45-41)28-15-7-4-8-16-28;1-41(2)33-19-11-9-17-29(33)31-23-32-30-18-10-12-20-35(30)46(36(32)24-34(31)41)37-22-21-28(25-42-37)40-44-38(26-13-5-3-6-14-26)43-39(45-40)27-15-7-4-8-16-27;26-15-27-22-10-3-1-6-18(22)21-14-16(12-13-23(21)27)17-8-5-9-20-19-7-2-4-11-24(19)28-25(17)20;16-15(14-9-5-2-6-10-14)12-11-13-7-3-1-4-8-13/h3-26H,1-2H3;3-25H,1-2H3;1-14H,15,26H2;1-10,12H,11,16H2/b;;;15-12-. The molecule has 26 rings (SSSR count). The van der Waals surface area contributed by atoms with Gasteiger partial charge in [-0.3, -0.25) is 4.57 Å². The minimum absolute atomic E-state index is 0.0726. The van der Waals surface area contributed by atoms with E-state index in [2.05, 4.69) is 302 Å². The lowest BCUT2D eigenvalue weighted by molar-refractivity contribution is 0.661. The summed E-state index contributed by atoms with van der Waals surface area (Å²) in [6, 6.07) is 149. The number of para-hydroxylation sites is 3. The maximum absolute atomic E-state index is 6.06. The van der Waals surface area contributed by atoms with Gasteiger partial charge in [0.1, 0.15) is 5.82 Å². The van der Waals surface area contributed by atoms with E-state index in [9.17, 15) is 0 Å². The molecule has 7 aromatic heterocycles. The van der Waals surface area contributed by atoms with Crippen LogP contribution >= 0.6 is 11.3 Å². The van der Waals surface area contributed by atoms with Crippen LogP contribution in [0.15, 0.2) is 437 Å². The van der Waals surface area contributed by atoms with Gasteiger partial charge in [0.25, 0.3) is 0 Å². The maximum atomic E-state index is 6.06. The lowest BCUT2D eigenvalue weighted by Gasteiger charge is -2.21. The van der Waals surface area contributed by atoms with Gasteiger partial charge < -0.3 is 20.6 Å². The second-order valence-electron chi connectivity index (χ2n) is 35.8. The molecule has 136 heavy (non-hydrogen) atoms. The monoisotopic (exact) mass is 1770 g/mol. The van der Waals surface area contributed by atoms with E-state index >= 15 is 0 Å². The second-order valence-corrected chi connectivity index (χ2v) is 36.8. The zero-order valence-corrected chi connectivity index (χ0v) is 76.3. The summed E-state index contributed by atoms with van der Waals surface area (Å²) < 4.78 is 9.56. The largest absolute Gasteiger partial charge is 0.398 e. The van der Waals surface area contributed by atoms with Crippen LogP contribution in [-0.4, -0.2) is 48.6 Å². The summed E-state index contributed by atoms with van der Waals surface area (Å²) in [5.41, 5.74) is 42.2. The first-order valence-electron chi connectivity index (χ1n) is 46.2. The first kappa shape index (κ1) is 83.4. The van der Waals surface area contributed by atoms with Gasteiger partial charge >= 0.3 is 0 Å². The van der Waals surface area contributed by atoms with Crippen LogP contribution in [0, 0.1) is 0 Å². The smallest absolute Gasteiger partial charge is 0.165 e. The third-order valence-corrected chi connectivity index (χ3v) is 28.2. The minimum atomic E-state index is -0.0930. The van der Waals surface area contributed by atoms with Gasteiger partial charge in [-0.25, -0.2) is 34.9 Å². The summed E-state index contributed by atoms with van der Waals surface area (Å²) in [6.45, 7) is 9.81. The van der Waals surface area contributed by atoms with Gasteiger partial charge in [-0.05, 0) is 170 Å². The molecule has 0 atom stereocenters. The number of thiophene rings is 1. The van der Waals surface area contributed by atoms with E-state index in [1.807, 2.05) is 187 Å². The van der Waals surface area contributed by atoms with Crippen molar-refractivity contribution < 1.29 is 0 Å². The van der Waals surface area contributed by atoms with Crippen LogP contribution in [0.3, 0.4) is 0 Å². The highest BCUT2D eigenvalue weighted by molar-refractivity contribution is 7.26. The predicted octanol–water partition coefficient (Wildman–Crippen LogP) is 29.9. The van der Waals surface area contributed by atoms with Crippen molar-refractivity contribution in [2.75, 3.05) is 0 Å². The maximum Gasteiger partial charge on any atom is 0.165 e. The molecule has 2 aliphatic carbocycles. The Morgan fingerprint density at radius 2 is 0.676 bits per heavy atom. The summed E-state index contributed by atoms with van der Waals surface area (Å²) in [7, 11) is 0. The highest BCUT2D eigenvalue weighted by atomic mass is 32.1. The van der Waals surface area contributed by atoms with Crippen molar-refractivity contribution in [3.05, 3.63) is 470 Å². The quantitative estimate of drug-likeness (QED) is 0.115. The number of allylic oxidation sites excluding steroid dienone is 1. The SMILES string of the molecule is CC1(C)c2ccccc2-c2cc3c4ccccc4n(-c4ccc(-c5nc(-c6ccccc6)nc(-c6ccccc6)n5)cc4)c3cc21.CC1(C)c2ccccc2-c2cc3c4ccccc4n(-c4ccc(-c5nc(-c6ccccc6)nc(-c6ccccc6)n5)cn4)c3cc21.N/C(=C\Cc1ccccc1)c1ccccc1.NCn1c2ccccc2c2cc(-c3cccc4c3sc3ccccc34)ccc21. The van der Waals surface area contributed by atoms with Gasteiger partial charge in [0.05, 0.1) is 39.8 Å². The van der Waals surface area contributed by atoms with Crippen LogP contribution in [0.5, 0.6) is 0 Å². The van der Waals surface area contributed by atoms with Crippen LogP contribution in [0.1, 0.15) is 61.1 Å².